The Kier molecular flexibility index (Phi) is 1.69. The maximum atomic E-state index is 10.2. The fraction of sp³-hybridized carbons (Fsp3) is 1.00. The molecule has 7 heteroatoms. The van der Waals surface area contributed by atoms with E-state index in [0.29, 0.717) is 0 Å². The molecule has 0 aromatic rings. The molecule has 60 valence electrons. The summed E-state index contributed by atoms with van der Waals surface area (Å²) < 4.78 is 32.9. The van der Waals surface area contributed by atoms with Gasteiger partial charge < -0.3 is 9.84 Å². The van der Waals surface area contributed by atoms with Crippen LogP contribution >= 0.6 is 11.6 Å². The maximum Gasteiger partial charge on any atom is 0.323 e. The van der Waals surface area contributed by atoms with E-state index < -0.39 is 20.6 Å². The molecular weight excluding hydrogens is 184 g/mol. The van der Waals surface area contributed by atoms with E-state index in [9.17, 15) is 8.42 Å². The highest BCUT2D eigenvalue weighted by Gasteiger charge is 2.57. The average molecular weight is 189 g/mol. The number of aliphatic hydroxyl groups is 1. The molecule has 0 spiro atoms. The molecule has 0 amide bonds. The van der Waals surface area contributed by atoms with Crippen molar-refractivity contribution >= 4 is 21.7 Å². The van der Waals surface area contributed by atoms with Crippen molar-refractivity contribution < 1.29 is 22.8 Å². The van der Waals surface area contributed by atoms with Gasteiger partial charge in [0.15, 0.2) is 0 Å². The van der Waals surface area contributed by atoms with Gasteiger partial charge in [-0.3, -0.25) is 4.55 Å². The van der Waals surface area contributed by atoms with Crippen molar-refractivity contribution in [3.8, 4) is 0 Å². The first-order valence-corrected chi connectivity index (χ1v) is 4.23. The lowest BCUT2D eigenvalue weighted by Gasteiger charge is -2.37. The molecule has 2 N–H and O–H groups in total. The van der Waals surface area contributed by atoms with Crippen molar-refractivity contribution in [2.75, 3.05) is 6.61 Å². The van der Waals surface area contributed by atoms with Gasteiger partial charge >= 0.3 is 15.2 Å². The van der Waals surface area contributed by atoms with E-state index in [1.165, 1.54) is 0 Å². The molecule has 0 radical (unpaired) electrons. The molecule has 10 heavy (non-hydrogen) atoms. The Bertz CT molecular complexity index is 235. The van der Waals surface area contributed by atoms with E-state index in [0.717, 1.165) is 0 Å². The van der Waals surface area contributed by atoms with Crippen LogP contribution in [0.25, 0.3) is 0 Å². The highest BCUT2D eigenvalue weighted by Crippen LogP contribution is 2.32. The van der Waals surface area contributed by atoms with Gasteiger partial charge in [-0.2, -0.15) is 8.42 Å². The van der Waals surface area contributed by atoms with Gasteiger partial charge in [0.25, 0.3) is 0 Å². The third-order valence-electron chi connectivity index (χ3n) is 1.20. The Morgan fingerprint density at radius 3 is 2.20 bits per heavy atom. The summed E-state index contributed by atoms with van der Waals surface area (Å²) in [6.07, 6.45) is 0. The van der Waals surface area contributed by atoms with Crippen molar-refractivity contribution in [2.45, 2.75) is 10.5 Å². The van der Waals surface area contributed by atoms with Gasteiger partial charge in [0.05, 0.1) is 6.61 Å². The topological polar surface area (TPSA) is 83.8 Å². The molecule has 1 fully saturated rings. The average Bonchev–Trinajstić information content (AvgIpc) is 1.80. The van der Waals surface area contributed by atoms with Crippen LogP contribution in [0.1, 0.15) is 0 Å². The molecule has 1 aliphatic heterocycles. The van der Waals surface area contributed by atoms with Gasteiger partial charge in [-0.05, 0) is 0 Å². The van der Waals surface area contributed by atoms with E-state index in [1.54, 1.807) is 0 Å². The maximum absolute atomic E-state index is 10.2. The van der Waals surface area contributed by atoms with Crippen molar-refractivity contribution in [3.05, 3.63) is 0 Å². The highest BCUT2D eigenvalue weighted by molar-refractivity contribution is 7.87. The molecule has 0 aromatic carbocycles. The van der Waals surface area contributed by atoms with Crippen LogP contribution in [-0.2, 0) is 14.9 Å². The summed E-state index contributed by atoms with van der Waals surface area (Å²) in [6.45, 7) is -0.0855. The Morgan fingerprint density at radius 1 is 1.70 bits per heavy atom. The van der Waals surface area contributed by atoms with Crippen LogP contribution in [0.5, 0.6) is 0 Å². The van der Waals surface area contributed by atoms with Crippen LogP contribution < -0.4 is 0 Å². The molecule has 0 aromatic heterocycles. The monoisotopic (exact) mass is 188 g/mol. The molecule has 1 rings (SSSR count). The third kappa shape index (κ3) is 0.923. The summed E-state index contributed by atoms with van der Waals surface area (Å²) in [5.74, 6) is 0. The summed E-state index contributed by atoms with van der Waals surface area (Å²) in [5, 5.41) is 5.14. The van der Waals surface area contributed by atoms with Crippen LogP contribution in [0, 0.1) is 0 Å². The van der Waals surface area contributed by atoms with E-state index >= 15 is 0 Å². The third-order valence-corrected chi connectivity index (χ3v) is 2.89. The first-order chi connectivity index (χ1) is 4.38. The molecular formula is C3H5ClO5S. The van der Waals surface area contributed by atoms with Gasteiger partial charge in [0, 0.05) is 0 Å². The van der Waals surface area contributed by atoms with Crippen LogP contribution in [0.15, 0.2) is 0 Å². The number of alkyl halides is 1. The molecule has 2 atom stereocenters. The number of hydrogen-bond acceptors (Lipinski definition) is 4. The zero-order valence-electron chi connectivity index (χ0n) is 4.69. The van der Waals surface area contributed by atoms with Gasteiger partial charge in [-0.15, -0.1) is 11.6 Å². The fourth-order valence-electron chi connectivity index (χ4n) is 0.525. The molecule has 1 aliphatic rings. The lowest BCUT2D eigenvalue weighted by molar-refractivity contribution is -0.218. The summed E-state index contributed by atoms with van der Waals surface area (Å²) in [6, 6.07) is 0. The number of ether oxygens (including phenoxy) is 1. The Balaban J connectivity index is 2.91. The lowest BCUT2D eigenvalue weighted by atomic mass is 10.3. The largest absolute Gasteiger partial charge is 0.350 e. The normalized spacial score (nSPS) is 40.9. The minimum absolute atomic E-state index is 0.0855. The van der Waals surface area contributed by atoms with E-state index in [4.69, 9.17) is 21.3 Å². The first-order valence-electron chi connectivity index (χ1n) is 2.35. The standard InChI is InChI=1S/C3H5ClO5S/c4-2-1-9-3(2,5)10(6,7)8/h2,5H,1H2,(H,6,7,8). The molecule has 5 nitrogen and oxygen atoms in total. The van der Waals surface area contributed by atoms with Crippen LogP contribution in [0.4, 0.5) is 0 Å². The molecule has 0 aliphatic carbocycles. The second-order valence-electron chi connectivity index (χ2n) is 1.88. The van der Waals surface area contributed by atoms with Crippen LogP contribution in [-0.4, -0.2) is 35.2 Å². The minimum Gasteiger partial charge on any atom is -0.350 e. The van der Waals surface area contributed by atoms with Gasteiger partial charge in [0.1, 0.15) is 5.38 Å². The van der Waals surface area contributed by atoms with Crippen LogP contribution in [0.3, 0.4) is 0 Å². The number of rotatable bonds is 1. The SMILES string of the molecule is O=S(=O)(O)C1(O)OCC1Cl. The summed E-state index contributed by atoms with van der Waals surface area (Å²) >= 11 is 5.23. The van der Waals surface area contributed by atoms with Crippen molar-refractivity contribution in [3.63, 3.8) is 0 Å². The predicted molar refractivity (Wildman–Crippen MR) is 32.1 cm³/mol. The Hall–Kier alpha value is 0.120. The van der Waals surface area contributed by atoms with Gasteiger partial charge in [-0.1, -0.05) is 0 Å². The Labute approximate surface area is 62.3 Å². The Morgan fingerprint density at radius 2 is 2.20 bits per heavy atom. The molecule has 1 heterocycles. The molecule has 2 unspecified atom stereocenters. The van der Waals surface area contributed by atoms with E-state index in [2.05, 4.69) is 4.74 Å². The zero-order chi connectivity index (χ0) is 7.99. The number of hydrogen-bond donors (Lipinski definition) is 2. The summed E-state index contributed by atoms with van der Waals surface area (Å²) in [5.41, 5.74) is 0. The zero-order valence-corrected chi connectivity index (χ0v) is 6.26. The molecule has 0 bridgehead atoms. The quantitative estimate of drug-likeness (QED) is 0.414. The fourth-order valence-corrected chi connectivity index (χ4v) is 1.60. The molecule has 1 saturated heterocycles. The first kappa shape index (κ1) is 8.22. The highest BCUT2D eigenvalue weighted by atomic mass is 35.5. The summed E-state index contributed by atoms with van der Waals surface area (Å²) in [4.78, 5) is 0. The van der Waals surface area contributed by atoms with Gasteiger partial charge in [-0.25, -0.2) is 0 Å². The van der Waals surface area contributed by atoms with Crippen molar-refractivity contribution in [1.29, 1.82) is 0 Å². The predicted octanol–water partition coefficient (Wildman–Crippen LogP) is -0.842. The van der Waals surface area contributed by atoms with E-state index in [-0.39, 0.29) is 6.61 Å². The minimum atomic E-state index is -4.61. The molecule has 0 saturated carbocycles. The summed E-state index contributed by atoms with van der Waals surface area (Å²) in [7, 11) is -4.61. The van der Waals surface area contributed by atoms with Crippen molar-refractivity contribution in [1.82, 2.24) is 0 Å². The number of halogens is 1. The van der Waals surface area contributed by atoms with E-state index in [1.807, 2.05) is 0 Å². The van der Waals surface area contributed by atoms with Gasteiger partial charge in [0.2, 0.25) is 0 Å². The second-order valence-corrected chi connectivity index (χ2v) is 3.95. The lowest BCUT2D eigenvalue weighted by Crippen LogP contribution is -2.60. The van der Waals surface area contributed by atoms with Crippen LogP contribution in [0.2, 0.25) is 0 Å². The van der Waals surface area contributed by atoms with Crippen molar-refractivity contribution in [2.24, 2.45) is 0 Å². The smallest absolute Gasteiger partial charge is 0.323 e. The second kappa shape index (κ2) is 2.05.